The van der Waals surface area contributed by atoms with E-state index in [1.807, 2.05) is 6.92 Å². The molecule has 0 bridgehead atoms. The number of rotatable bonds is 3. The summed E-state index contributed by atoms with van der Waals surface area (Å²) in [5.41, 5.74) is -0.389. The Labute approximate surface area is 114 Å². The second kappa shape index (κ2) is 5.52. The third-order valence-corrected chi connectivity index (χ3v) is 3.41. The summed E-state index contributed by atoms with van der Waals surface area (Å²) < 4.78 is 0.610. The lowest BCUT2D eigenvalue weighted by molar-refractivity contribution is 0.0922. The molecule has 0 saturated heterocycles. The van der Waals surface area contributed by atoms with Crippen molar-refractivity contribution in [1.29, 1.82) is 5.26 Å². The van der Waals surface area contributed by atoms with E-state index in [9.17, 15) is 4.79 Å². The standard InChI is InChI=1S/C12H12BrClN2O/c1-3-12(2,7-15)16-11(17)9-5-4-8(14)6-10(9)13/h4-6H,3H2,1-2H3,(H,16,17). The van der Waals surface area contributed by atoms with E-state index in [2.05, 4.69) is 27.3 Å². The Balaban J connectivity index is 2.95. The van der Waals surface area contributed by atoms with E-state index in [0.717, 1.165) is 0 Å². The molecule has 0 aliphatic carbocycles. The maximum absolute atomic E-state index is 12.0. The fraction of sp³-hybridized carbons (Fsp3) is 0.333. The Morgan fingerprint density at radius 1 is 1.65 bits per heavy atom. The fourth-order valence-electron chi connectivity index (χ4n) is 1.19. The lowest BCUT2D eigenvalue weighted by atomic mass is 10.0. The molecule has 1 aromatic rings. The van der Waals surface area contributed by atoms with Gasteiger partial charge in [0, 0.05) is 9.50 Å². The summed E-state index contributed by atoms with van der Waals surface area (Å²) in [7, 11) is 0. The van der Waals surface area contributed by atoms with Crippen molar-refractivity contribution in [3.05, 3.63) is 33.3 Å². The minimum absolute atomic E-state index is 0.292. The van der Waals surface area contributed by atoms with Gasteiger partial charge in [-0.1, -0.05) is 18.5 Å². The molecule has 1 N–H and O–H groups in total. The van der Waals surface area contributed by atoms with Crippen LogP contribution in [0.2, 0.25) is 5.02 Å². The predicted molar refractivity (Wildman–Crippen MR) is 70.9 cm³/mol. The van der Waals surface area contributed by atoms with Gasteiger partial charge in [0.1, 0.15) is 5.54 Å². The molecule has 90 valence electrons. The van der Waals surface area contributed by atoms with Crippen molar-refractivity contribution >= 4 is 33.4 Å². The van der Waals surface area contributed by atoms with Crippen LogP contribution in [-0.4, -0.2) is 11.4 Å². The van der Waals surface area contributed by atoms with Crippen LogP contribution in [0.15, 0.2) is 22.7 Å². The molecule has 0 aliphatic rings. The van der Waals surface area contributed by atoms with Gasteiger partial charge >= 0.3 is 0 Å². The van der Waals surface area contributed by atoms with E-state index in [4.69, 9.17) is 16.9 Å². The summed E-state index contributed by atoms with van der Waals surface area (Å²) in [4.78, 5) is 12.0. The van der Waals surface area contributed by atoms with E-state index in [-0.39, 0.29) is 5.91 Å². The number of benzene rings is 1. The zero-order valence-corrected chi connectivity index (χ0v) is 11.9. The highest BCUT2D eigenvalue weighted by Crippen LogP contribution is 2.22. The van der Waals surface area contributed by atoms with Crippen LogP contribution in [-0.2, 0) is 0 Å². The summed E-state index contributed by atoms with van der Waals surface area (Å²) >= 11 is 9.07. The lowest BCUT2D eigenvalue weighted by Gasteiger charge is -2.21. The van der Waals surface area contributed by atoms with Crippen molar-refractivity contribution in [2.24, 2.45) is 0 Å². The van der Waals surface area contributed by atoms with Crippen LogP contribution in [0.25, 0.3) is 0 Å². The van der Waals surface area contributed by atoms with Crippen LogP contribution in [0.3, 0.4) is 0 Å². The normalized spacial score (nSPS) is 13.6. The molecule has 0 heterocycles. The highest BCUT2D eigenvalue weighted by Gasteiger charge is 2.25. The number of halogens is 2. The molecule has 0 fully saturated rings. The first-order valence-corrected chi connectivity index (χ1v) is 6.28. The Bertz CT molecular complexity index is 484. The van der Waals surface area contributed by atoms with Crippen LogP contribution < -0.4 is 5.32 Å². The smallest absolute Gasteiger partial charge is 0.253 e. The van der Waals surface area contributed by atoms with Gasteiger partial charge < -0.3 is 5.32 Å². The molecule has 1 atom stereocenters. The van der Waals surface area contributed by atoms with Gasteiger partial charge in [-0.25, -0.2) is 0 Å². The third-order valence-electron chi connectivity index (χ3n) is 2.52. The van der Waals surface area contributed by atoms with Crippen molar-refractivity contribution in [2.45, 2.75) is 25.8 Å². The van der Waals surface area contributed by atoms with E-state index < -0.39 is 5.54 Å². The zero-order valence-electron chi connectivity index (χ0n) is 9.55. The van der Waals surface area contributed by atoms with Gasteiger partial charge in [-0.15, -0.1) is 0 Å². The topological polar surface area (TPSA) is 52.9 Å². The number of hydrogen-bond donors (Lipinski definition) is 1. The number of nitrogens with zero attached hydrogens (tertiary/aromatic N) is 1. The van der Waals surface area contributed by atoms with Gasteiger partial charge in [0.25, 0.3) is 5.91 Å². The molecule has 1 amide bonds. The van der Waals surface area contributed by atoms with Gasteiger partial charge in [0.05, 0.1) is 11.6 Å². The molecule has 0 aromatic heterocycles. The predicted octanol–water partition coefficient (Wildman–Crippen LogP) is 3.52. The first kappa shape index (κ1) is 14.0. The molecule has 1 unspecified atom stereocenters. The number of nitrogens with one attached hydrogen (secondary N) is 1. The minimum Gasteiger partial charge on any atom is -0.334 e. The van der Waals surface area contributed by atoms with Gasteiger partial charge in [-0.05, 0) is 47.5 Å². The summed E-state index contributed by atoms with van der Waals surface area (Å²) in [6, 6.07) is 6.99. The summed E-state index contributed by atoms with van der Waals surface area (Å²) in [5, 5.41) is 12.2. The molecular formula is C12H12BrClN2O. The Hall–Kier alpha value is -1.05. The summed E-state index contributed by atoms with van der Waals surface area (Å²) in [6.07, 6.45) is 0.542. The number of nitriles is 1. The fourth-order valence-corrected chi connectivity index (χ4v) is 2.05. The summed E-state index contributed by atoms with van der Waals surface area (Å²) in [6.45, 7) is 3.54. The highest BCUT2D eigenvalue weighted by molar-refractivity contribution is 9.10. The molecule has 0 aliphatic heterocycles. The van der Waals surface area contributed by atoms with Gasteiger partial charge in [-0.3, -0.25) is 4.79 Å². The van der Waals surface area contributed by atoms with Crippen LogP contribution in [0.4, 0.5) is 0 Å². The van der Waals surface area contributed by atoms with E-state index >= 15 is 0 Å². The van der Waals surface area contributed by atoms with Crippen LogP contribution >= 0.6 is 27.5 Å². The van der Waals surface area contributed by atoms with Crippen LogP contribution in [0.1, 0.15) is 30.6 Å². The van der Waals surface area contributed by atoms with Crippen molar-refractivity contribution in [2.75, 3.05) is 0 Å². The van der Waals surface area contributed by atoms with E-state index in [1.165, 1.54) is 0 Å². The Kier molecular flexibility index (Phi) is 4.55. The van der Waals surface area contributed by atoms with Gasteiger partial charge in [0.15, 0.2) is 0 Å². The van der Waals surface area contributed by atoms with Gasteiger partial charge in [0.2, 0.25) is 0 Å². The first-order chi connectivity index (χ1) is 7.91. The van der Waals surface area contributed by atoms with Crippen molar-refractivity contribution in [1.82, 2.24) is 5.32 Å². The quantitative estimate of drug-likeness (QED) is 0.927. The third kappa shape index (κ3) is 3.45. The van der Waals surface area contributed by atoms with E-state index in [0.29, 0.717) is 21.5 Å². The molecule has 1 rings (SSSR count). The average Bonchev–Trinajstić information content (AvgIpc) is 2.28. The first-order valence-electron chi connectivity index (χ1n) is 5.10. The maximum atomic E-state index is 12.0. The molecule has 17 heavy (non-hydrogen) atoms. The second-order valence-electron chi connectivity index (χ2n) is 3.88. The monoisotopic (exact) mass is 314 g/mol. The zero-order chi connectivity index (χ0) is 13.1. The molecule has 3 nitrogen and oxygen atoms in total. The lowest BCUT2D eigenvalue weighted by Crippen LogP contribution is -2.44. The molecule has 0 saturated carbocycles. The molecule has 5 heteroatoms. The Morgan fingerprint density at radius 2 is 2.29 bits per heavy atom. The number of amides is 1. The highest BCUT2D eigenvalue weighted by atomic mass is 79.9. The SMILES string of the molecule is CCC(C)(C#N)NC(=O)c1ccc(Cl)cc1Br. The maximum Gasteiger partial charge on any atom is 0.253 e. The number of carbonyl (C=O) groups excluding carboxylic acids is 1. The largest absolute Gasteiger partial charge is 0.334 e. The van der Waals surface area contributed by atoms with Crippen molar-refractivity contribution in [3.8, 4) is 6.07 Å². The summed E-state index contributed by atoms with van der Waals surface area (Å²) in [5.74, 6) is -0.292. The number of hydrogen-bond acceptors (Lipinski definition) is 2. The molecule has 0 spiro atoms. The minimum atomic E-state index is -0.851. The van der Waals surface area contributed by atoms with Crippen LogP contribution in [0, 0.1) is 11.3 Å². The molecule has 0 radical (unpaired) electrons. The Morgan fingerprint density at radius 3 is 2.76 bits per heavy atom. The van der Waals surface area contributed by atoms with E-state index in [1.54, 1.807) is 25.1 Å². The van der Waals surface area contributed by atoms with Crippen LogP contribution in [0.5, 0.6) is 0 Å². The second-order valence-corrected chi connectivity index (χ2v) is 5.17. The van der Waals surface area contributed by atoms with Crippen molar-refractivity contribution in [3.63, 3.8) is 0 Å². The van der Waals surface area contributed by atoms with Gasteiger partial charge in [-0.2, -0.15) is 5.26 Å². The molecular weight excluding hydrogens is 304 g/mol. The number of carbonyl (C=O) groups is 1. The van der Waals surface area contributed by atoms with Crippen molar-refractivity contribution < 1.29 is 4.79 Å². The molecule has 1 aromatic carbocycles. The average molecular weight is 316 g/mol.